The van der Waals surface area contributed by atoms with E-state index in [-0.39, 0.29) is 23.9 Å². The zero-order valence-corrected chi connectivity index (χ0v) is 9.42. The van der Waals surface area contributed by atoms with Crippen LogP contribution in [0.25, 0.3) is 0 Å². The molecule has 0 aromatic rings. The largest absolute Gasteiger partial charge is 0.356 e. The van der Waals surface area contributed by atoms with Crippen molar-refractivity contribution in [3.05, 3.63) is 0 Å². The topological polar surface area (TPSA) is 70.2 Å². The van der Waals surface area contributed by atoms with Gasteiger partial charge in [-0.1, -0.05) is 0 Å². The van der Waals surface area contributed by atoms with E-state index in [1.807, 2.05) is 0 Å². The molecule has 5 heteroatoms. The molecule has 0 aliphatic carbocycles. The summed E-state index contributed by atoms with van der Waals surface area (Å²) in [4.78, 5) is 22.9. The lowest BCUT2D eigenvalue weighted by Crippen LogP contribution is -2.51. The lowest BCUT2D eigenvalue weighted by molar-refractivity contribution is -0.125. The Morgan fingerprint density at radius 3 is 2.62 bits per heavy atom. The Balaban J connectivity index is 1.87. The van der Waals surface area contributed by atoms with Crippen molar-refractivity contribution >= 4 is 11.8 Å². The van der Waals surface area contributed by atoms with E-state index in [0.717, 1.165) is 38.8 Å². The summed E-state index contributed by atoms with van der Waals surface area (Å²) in [6.07, 6.45) is 4.33. The van der Waals surface area contributed by atoms with E-state index in [4.69, 9.17) is 0 Å². The molecule has 2 aliphatic rings. The van der Waals surface area contributed by atoms with Gasteiger partial charge in [0.05, 0.1) is 6.04 Å². The highest BCUT2D eigenvalue weighted by atomic mass is 16.2. The van der Waals surface area contributed by atoms with Gasteiger partial charge in [-0.2, -0.15) is 0 Å². The van der Waals surface area contributed by atoms with Crippen LogP contribution in [0.4, 0.5) is 0 Å². The summed E-state index contributed by atoms with van der Waals surface area (Å²) >= 11 is 0. The van der Waals surface area contributed by atoms with Crippen LogP contribution in [0, 0.1) is 0 Å². The van der Waals surface area contributed by atoms with Gasteiger partial charge in [-0.05, 0) is 25.7 Å². The summed E-state index contributed by atoms with van der Waals surface area (Å²) in [6, 6.07) is 0.0426. The number of amides is 2. The number of nitrogens with one attached hydrogen (secondary N) is 3. The molecule has 5 nitrogen and oxygen atoms in total. The summed E-state index contributed by atoms with van der Waals surface area (Å²) in [7, 11) is 0. The molecule has 2 fully saturated rings. The van der Waals surface area contributed by atoms with E-state index in [0.29, 0.717) is 6.42 Å². The van der Waals surface area contributed by atoms with Crippen LogP contribution in [0.1, 0.15) is 32.1 Å². The average Bonchev–Trinajstić information content (AvgIpc) is 2.46. The molecule has 90 valence electrons. The third-order valence-electron chi connectivity index (χ3n) is 3.21. The Kier molecular flexibility index (Phi) is 3.77. The van der Waals surface area contributed by atoms with E-state index in [2.05, 4.69) is 16.0 Å². The second-order valence-electron chi connectivity index (χ2n) is 4.55. The summed E-state index contributed by atoms with van der Waals surface area (Å²) in [6.45, 7) is 1.54. The molecule has 0 aromatic carbocycles. The van der Waals surface area contributed by atoms with E-state index in [9.17, 15) is 9.59 Å². The van der Waals surface area contributed by atoms with E-state index >= 15 is 0 Å². The monoisotopic (exact) mass is 225 g/mol. The maximum absolute atomic E-state index is 11.6. The predicted molar refractivity (Wildman–Crippen MR) is 59.8 cm³/mol. The summed E-state index contributed by atoms with van der Waals surface area (Å²) < 4.78 is 0. The van der Waals surface area contributed by atoms with Gasteiger partial charge in [0.15, 0.2) is 0 Å². The Hall–Kier alpha value is -1.10. The number of rotatable bonds is 2. The van der Waals surface area contributed by atoms with Gasteiger partial charge in [0.2, 0.25) is 11.8 Å². The molecule has 2 amide bonds. The van der Waals surface area contributed by atoms with Crippen LogP contribution >= 0.6 is 0 Å². The Morgan fingerprint density at radius 2 is 1.81 bits per heavy atom. The third kappa shape index (κ3) is 2.95. The Bertz CT molecular complexity index is 280. The molecule has 0 aromatic heterocycles. The van der Waals surface area contributed by atoms with Crippen LogP contribution < -0.4 is 16.0 Å². The molecule has 3 N–H and O–H groups in total. The standard InChI is InChI=1S/C11H19N3O2/c15-10-7-8(3-1-5-12-10)14-9-4-2-6-13-11(9)16/h8-9,14H,1-7H2,(H,12,15)(H,13,16). The number of carbonyl (C=O) groups excluding carboxylic acids is 2. The average molecular weight is 225 g/mol. The summed E-state index contributed by atoms with van der Waals surface area (Å²) in [5, 5.41) is 9.00. The van der Waals surface area contributed by atoms with Gasteiger partial charge in [-0.25, -0.2) is 0 Å². The van der Waals surface area contributed by atoms with Crippen LogP contribution in [-0.4, -0.2) is 37.0 Å². The van der Waals surface area contributed by atoms with Crippen molar-refractivity contribution in [3.8, 4) is 0 Å². The predicted octanol–water partition coefficient (Wildman–Crippen LogP) is -0.477. The fourth-order valence-electron chi connectivity index (χ4n) is 2.33. The first-order valence-electron chi connectivity index (χ1n) is 6.06. The first-order chi connectivity index (χ1) is 7.75. The SMILES string of the molecule is O=C1CC(NC2CCCNC2=O)CCCN1. The molecule has 0 radical (unpaired) electrons. The van der Waals surface area contributed by atoms with Crippen LogP contribution in [0.2, 0.25) is 0 Å². The van der Waals surface area contributed by atoms with Crippen molar-refractivity contribution in [1.29, 1.82) is 0 Å². The van der Waals surface area contributed by atoms with E-state index in [1.165, 1.54) is 0 Å². The minimum absolute atomic E-state index is 0.0795. The van der Waals surface area contributed by atoms with Gasteiger partial charge in [-0.15, -0.1) is 0 Å². The van der Waals surface area contributed by atoms with Crippen molar-refractivity contribution in [1.82, 2.24) is 16.0 Å². The Morgan fingerprint density at radius 1 is 1.06 bits per heavy atom. The summed E-state index contributed by atoms with van der Waals surface area (Å²) in [5.41, 5.74) is 0. The van der Waals surface area contributed by atoms with Crippen LogP contribution in [0.15, 0.2) is 0 Å². The first-order valence-corrected chi connectivity index (χ1v) is 6.06. The molecule has 2 unspecified atom stereocenters. The zero-order chi connectivity index (χ0) is 11.4. The summed E-state index contributed by atoms with van der Waals surface area (Å²) in [5.74, 6) is 0.169. The fraction of sp³-hybridized carbons (Fsp3) is 0.818. The van der Waals surface area contributed by atoms with Crippen molar-refractivity contribution in [2.24, 2.45) is 0 Å². The molecule has 2 rings (SSSR count). The number of piperidine rings is 1. The van der Waals surface area contributed by atoms with Gasteiger partial charge in [0, 0.05) is 25.6 Å². The van der Waals surface area contributed by atoms with Gasteiger partial charge < -0.3 is 16.0 Å². The van der Waals surface area contributed by atoms with E-state index < -0.39 is 0 Å². The minimum Gasteiger partial charge on any atom is -0.356 e. The highest BCUT2D eigenvalue weighted by molar-refractivity contribution is 5.82. The lowest BCUT2D eigenvalue weighted by atomic mass is 10.0. The molecule has 2 atom stereocenters. The normalized spacial score (nSPS) is 31.5. The Labute approximate surface area is 95.3 Å². The maximum atomic E-state index is 11.6. The van der Waals surface area contributed by atoms with Crippen molar-refractivity contribution in [2.75, 3.05) is 13.1 Å². The van der Waals surface area contributed by atoms with Crippen LogP contribution in [-0.2, 0) is 9.59 Å². The van der Waals surface area contributed by atoms with E-state index in [1.54, 1.807) is 0 Å². The van der Waals surface area contributed by atoms with Crippen molar-refractivity contribution in [3.63, 3.8) is 0 Å². The number of hydrogen-bond donors (Lipinski definition) is 3. The fourth-order valence-corrected chi connectivity index (χ4v) is 2.33. The number of hydrogen-bond acceptors (Lipinski definition) is 3. The van der Waals surface area contributed by atoms with Crippen LogP contribution in [0.3, 0.4) is 0 Å². The highest BCUT2D eigenvalue weighted by Crippen LogP contribution is 2.10. The van der Waals surface area contributed by atoms with Gasteiger partial charge in [-0.3, -0.25) is 9.59 Å². The molecule has 0 spiro atoms. The third-order valence-corrected chi connectivity index (χ3v) is 3.21. The smallest absolute Gasteiger partial charge is 0.237 e. The highest BCUT2D eigenvalue weighted by Gasteiger charge is 2.26. The quantitative estimate of drug-likeness (QED) is 0.594. The minimum atomic E-state index is -0.107. The first kappa shape index (κ1) is 11.4. The van der Waals surface area contributed by atoms with Crippen molar-refractivity contribution < 1.29 is 9.59 Å². The molecule has 2 heterocycles. The van der Waals surface area contributed by atoms with Crippen molar-refractivity contribution in [2.45, 2.75) is 44.2 Å². The zero-order valence-electron chi connectivity index (χ0n) is 9.42. The molecular weight excluding hydrogens is 206 g/mol. The molecule has 2 saturated heterocycles. The van der Waals surface area contributed by atoms with Gasteiger partial charge >= 0.3 is 0 Å². The molecule has 16 heavy (non-hydrogen) atoms. The van der Waals surface area contributed by atoms with Crippen LogP contribution in [0.5, 0.6) is 0 Å². The maximum Gasteiger partial charge on any atom is 0.237 e. The van der Waals surface area contributed by atoms with Gasteiger partial charge in [0.1, 0.15) is 0 Å². The molecular formula is C11H19N3O2. The van der Waals surface area contributed by atoms with Gasteiger partial charge in [0.25, 0.3) is 0 Å². The second-order valence-corrected chi connectivity index (χ2v) is 4.55. The molecule has 2 aliphatic heterocycles. The lowest BCUT2D eigenvalue weighted by Gasteiger charge is -2.26. The molecule has 0 bridgehead atoms. The molecule has 0 saturated carbocycles. The second kappa shape index (κ2) is 5.30. The number of carbonyl (C=O) groups is 2.